The summed E-state index contributed by atoms with van der Waals surface area (Å²) in [5, 5.41) is 4.18. The van der Waals surface area contributed by atoms with E-state index in [1.165, 1.54) is 0 Å². The van der Waals surface area contributed by atoms with Crippen LogP contribution in [-0.2, 0) is 6.54 Å². The Morgan fingerprint density at radius 2 is 1.73 bits per heavy atom. The minimum Gasteiger partial charge on any atom is -0.490 e. The van der Waals surface area contributed by atoms with Gasteiger partial charge in [0.2, 0.25) is 0 Å². The number of hydrogen-bond acceptors (Lipinski definition) is 3. The first-order chi connectivity index (χ1) is 10.7. The van der Waals surface area contributed by atoms with E-state index in [9.17, 15) is 0 Å². The van der Waals surface area contributed by atoms with Crippen LogP contribution in [0.4, 0.5) is 5.69 Å². The van der Waals surface area contributed by atoms with Crippen molar-refractivity contribution in [2.75, 3.05) is 18.5 Å². The summed E-state index contributed by atoms with van der Waals surface area (Å²) in [6.45, 7) is 7.88. The standard InChI is InChI=1S/C18H22ClNO2/c1-4-21-17-10-9-14(11-18(17)22-5-2)12-20-16-8-6-7-15(19)13(16)3/h6-11,20H,4-5,12H2,1-3H3. The van der Waals surface area contributed by atoms with Gasteiger partial charge in [0.1, 0.15) is 0 Å². The van der Waals surface area contributed by atoms with Crippen LogP contribution in [0.2, 0.25) is 5.02 Å². The predicted octanol–water partition coefficient (Wildman–Crippen LogP) is 5.06. The molecule has 0 aliphatic heterocycles. The molecule has 0 saturated heterocycles. The highest BCUT2D eigenvalue weighted by Crippen LogP contribution is 2.29. The van der Waals surface area contributed by atoms with Gasteiger partial charge in [0.15, 0.2) is 11.5 Å². The van der Waals surface area contributed by atoms with Gasteiger partial charge < -0.3 is 14.8 Å². The van der Waals surface area contributed by atoms with Gasteiger partial charge in [0, 0.05) is 17.3 Å². The van der Waals surface area contributed by atoms with Gasteiger partial charge in [0.25, 0.3) is 0 Å². The van der Waals surface area contributed by atoms with Crippen molar-refractivity contribution in [2.24, 2.45) is 0 Å². The molecule has 1 N–H and O–H groups in total. The topological polar surface area (TPSA) is 30.5 Å². The molecule has 118 valence electrons. The molecule has 0 amide bonds. The SMILES string of the molecule is CCOc1ccc(CNc2cccc(Cl)c2C)cc1OCC. The molecule has 0 atom stereocenters. The van der Waals surface area contributed by atoms with Crippen LogP contribution < -0.4 is 14.8 Å². The normalized spacial score (nSPS) is 10.4. The first kappa shape index (κ1) is 16.5. The van der Waals surface area contributed by atoms with E-state index in [1.54, 1.807) is 0 Å². The third kappa shape index (κ3) is 4.08. The zero-order chi connectivity index (χ0) is 15.9. The van der Waals surface area contributed by atoms with Gasteiger partial charge in [-0.25, -0.2) is 0 Å². The molecule has 0 heterocycles. The van der Waals surface area contributed by atoms with Gasteiger partial charge in [-0.3, -0.25) is 0 Å². The smallest absolute Gasteiger partial charge is 0.161 e. The van der Waals surface area contributed by atoms with E-state index in [2.05, 4.69) is 5.32 Å². The van der Waals surface area contributed by atoms with E-state index in [0.29, 0.717) is 19.8 Å². The molecule has 0 spiro atoms. The highest BCUT2D eigenvalue weighted by Gasteiger charge is 2.07. The van der Waals surface area contributed by atoms with Crippen molar-refractivity contribution in [2.45, 2.75) is 27.3 Å². The highest BCUT2D eigenvalue weighted by molar-refractivity contribution is 6.31. The molecule has 2 aromatic carbocycles. The van der Waals surface area contributed by atoms with Crippen LogP contribution in [0.3, 0.4) is 0 Å². The summed E-state index contributed by atoms with van der Waals surface area (Å²) in [6, 6.07) is 11.9. The summed E-state index contributed by atoms with van der Waals surface area (Å²) < 4.78 is 11.2. The molecular formula is C18H22ClNO2. The lowest BCUT2D eigenvalue weighted by molar-refractivity contribution is 0.287. The number of rotatable bonds is 7. The molecule has 2 rings (SSSR count). The number of halogens is 1. The van der Waals surface area contributed by atoms with E-state index in [1.807, 2.05) is 57.2 Å². The van der Waals surface area contributed by atoms with Gasteiger partial charge in [-0.05, 0) is 56.2 Å². The maximum atomic E-state index is 6.14. The number of benzene rings is 2. The Bertz CT molecular complexity index is 628. The van der Waals surface area contributed by atoms with Crippen molar-refractivity contribution in [1.82, 2.24) is 0 Å². The van der Waals surface area contributed by atoms with Gasteiger partial charge in [-0.2, -0.15) is 0 Å². The van der Waals surface area contributed by atoms with Crippen molar-refractivity contribution in [3.05, 3.63) is 52.5 Å². The van der Waals surface area contributed by atoms with Crippen LogP contribution in [0, 0.1) is 6.92 Å². The number of nitrogens with one attached hydrogen (secondary N) is 1. The highest BCUT2D eigenvalue weighted by atomic mass is 35.5. The van der Waals surface area contributed by atoms with Crippen LogP contribution in [0.5, 0.6) is 11.5 Å². The first-order valence-corrected chi connectivity index (χ1v) is 7.91. The fourth-order valence-electron chi connectivity index (χ4n) is 2.20. The fraction of sp³-hybridized carbons (Fsp3) is 0.333. The lowest BCUT2D eigenvalue weighted by atomic mass is 10.1. The lowest BCUT2D eigenvalue weighted by Crippen LogP contribution is -2.03. The maximum Gasteiger partial charge on any atom is 0.161 e. The van der Waals surface area contributed by atoms with Crippen molar-refractivity contribution in [3.8, 4) is 11.5 Å². The van der Waals surface area contributed by atoms with Crippen LogP contribution in [0.15, 0.2) is 36.4 Å². The van der Waals surface area contributed by atoms with Crippen molar-refractivity contribution in [1.29, 1.82) is 0 Å². The second-order valence-electron chi connectivity index (χ2n) is 4.91. The Morgan fingerprint density at radius 1 is 1.00 bits per heavy atom. The van der Waals surface area contributed by atoms with E-state index < -0.39 is 0 Å². The van der Waals surface area contributed by atoms with Crippen molar-refractivity contribution < 1.29 is 9.47 Å². The van der Waals surface area contributed by atoms with E-state index in [4.69, 9.17) is 21.1 Å². The number of ether oxygens (including phenoxy) is 2. The van der Waals surface area contributed by atoms with E-state index in [0.717, 1.165) is 33.3 Å². The summed E-state index contributed by atoms with van der Waals surface area (Å²) in [5.41, 5.74) is 3.23. The molecule has 2 aromatic rings. The minimum absolute atomic E-state index is 0.615. The van der Waals surface area contributed by atoms with Gasteiger partial charge >= 0.3 is 0 Å². The van der Waals surface area contributed by atoms with Crippen molar-refractivity contribution in [3.63, 3.8) is 0 Å². The monoisotopic (exact) mass is 319 g/mol. The third-order valence-corrected chi connectivity index (χ3v) is 3.77. The molecule has 0 bridgehead atoms. The molecule has 3 nitrogen and oxygen atoms in total. The summed E-state index contributed by atoms with van der Waals surface area (Å²) >= 11 is 6.14. The van der Waals surface area contributed by atoms with Gasteiger partial charge in [0.05, 0.1) is 13.2 Å². The van der Waals surface area contributed by atoms with Crippen LogP contribution >= 0.6 is 11.6 Å². The zero-order valence-corrected chi connectivity index (χ0v) is 14.0. The molecule has 4 heteroatoms. The molecule has 0 aromatic heterocycles. The summed E-state index contributed by atoms with van der Waals surface area (Å²) in [6.07, 6.45) is 0. The number of anilines is 1. The van der Waals surface area contributed by atoms with Gasteiger partial charge in [-0.1, -0.05) is 23.7 Å². The molecule has 0 unspecified atom stereocenters. The maximum absolute atomic E-state index is 6.14. The summed E-state index contributed by atoms with van der Waals surface area (Å²) in [7, 11) is 0. The number of hydrogen-bond donors (Lipinski definition) is 1. The largest absolute Gasteiger partial charge is 0.490 e. The Balaban J connectivity index is 2.12. The third-order valence-electron chi connectivity index (χ3n) is 3.36. The van der Waals surface area contributed by atoms with Crippen LogP contribution in [0.1, 0.15) is 25.0 Å². The first-order valence-electron chi connectivity index (χ1n) is 7.53. The van der Waals surface area contributed by atoms with Crippen LogP contribution in [-0.4, -0.2) is 13.2 Å². The fourth-order valence-corrected chi connectivity index (χ4v) is 2.38. The molecule has 0 radical (unpaired) electrons. The lowest BCUT2D eigenvalue weighted by Gasteiger charge is -2.14. The summed E-state index contributed by atoms with van der Waals surface area (Å²) in [4.78, 5) is 0. The average Bonchev–Trinajstić information content (AvgIpc) is 2.51. The molecule has 0 saturated carbocycles. The van der Waals surface area contributed by atoms with E-state index in [-0.39, 0.29) is 0 Å². The average molecular weight is 320 g/mol. The Kier molecular flexibility index (Phi) is 5.96. The zero-order valence-electron chi connectivity index (χ0n) is 13.3. The van der Waals surface area contributed by atoms with E-state index >= 15 is 0 Å². The Morgan fingerprint density at radius 3 is 2.45 bits per heavy atom. The second kappa shape index (κ2) is 7.95. The molecular weight excluding hydrogens is 298 g/mol. The predicted molar refractivity (Wildman–Crippen MR) is 92.3 cm³/mol. The molecule has 0 aliphatic rings. The van der Waals surface area contributed by atoms with Crippen LogP contribution in [0.25, 0.3) is 0 Å². The van der Waals surface area contributed by atoms with Gasteiger partial charge in [-0.15, -0.1) is 0 Å². The van der Waals surface area contributed by atoms with Crippen molar-refractivity contribution >= 4 is 17.3 Å². The quantitative estimate of drug-likeness (QED) is 0.774. The molecule has 22 heavy (non-hydrogen) atoms. The Hall–Kier alpha value is -1.87. The Labute approximate surface area is 137 Å². The molecule has 0 fully saturated rings. The molecule has 0 aliphatic carbocycles. The summed E-state index contributed by atoms with van der Waals surface area (Å²) in [5.74, 6) is 1.57. The second-order valence-corrected chi connectivity index (χ2v) is 5.32. The minimum atomic E-state index is 0.615.